The van der Waals surface area contributed by atoms with Gasteiger partial charge in [0.2, 0.25) is 11.8 Å². The van der Waals surface area contributed by atoms with Gasteiger partial charge in [0.1, 0.15) is 28.9 Å². The highest BCUT2D eigenvalue weighted by molar-refractivity contribution is 7.90. The molecule has 2 aromatic carbocycles. The Morgan fingerprint density at radius 2 is 1.03 bits per heavy atom. The monoisotopic (exact) mass is 953 g/mol. The molecule has 1 aliphatic heterocycles. The van der Waals surface area contributed by atoms with Crippen LogP contribution in [0.2, 0.25) is 0 Å². The predicted molar refractivity (Wildman–Crippen MR) is 260 cm³/mol. The molecule has 1 heterocycles. The summed E-state index contributed by atoms with van der Waals surface area (Å²) < 4.78 is 43.4. The summed E-state index contributed by atoms with van der Waals surface area (Å²) in [5, 5.41) is 5.80. The van der Waals surface area contributed by atoms with Crippen LogP contribution < -0.4 is 10.6 Å². The fourth-order valence-electron chi connectivity index (χ4n) is 7.67. The Morgan fingerprint density at radius 1 is 0.627 bits per heavy atom. The first kappa shape index (κ1) is 55.0. The van der Waals surface area contributed by atoms with Crippen LogP contribution in [-0.2, 0) is 49.4 Å². The summed E-state index contributed by atoms with van der Waals surface area (Å²) in [7, 11) is 0. The maximum absolute atomic E-state index is 14.5. The molecule has 2 aromatic rings. The average molecular weight is 953 g/mol. The van der Waals surface area contributed by atoms with E-state index in [1.165, 1.54) is 12.1 Å². The molecule has 370 valence electrons. The van der Waals surface area contributed by atoms with E-state index in [2.05, 4.69) is 10.6 Å². The van der Waals surface area contributed by atoms with Crippen molar-refractivity contribution in [2.45, 2.75) is 97.4 Å². The van der Waals surface area contributed by atoms with E-state index >= 15 is 0 Å². The van der Waals surface area contributed by atoms with Crippen molar-refractivity contribution < 1.29 is 47.1 Å². The second-order valence-corrected chi connectivity index (χ2v) is 21.5. The second-order valence-electron chi connectivity index (χ2n) is 20.1. The molecule has 0 saturated carbocycles. The number of ether oxygens (including phenoxy) is 3. The number of allylic oxidation sites excluding steroid dienone is 2. The number of amides is 2. The molecule has 4 rings (SSSR count). The Kier molecular flexibility index (Phi) is 20.2. The number of nitrogens with one attached hydrogen (secondary N) is 2. The molecule has 0 radical (unpaired) electrons. The lowest BCUT2D eigenvalue weighted by atomic mass is 10.0. The summed E-state index contributed by atoms with van der Waals surface area (Å²) in [6, 6.07) is 11.9. The third kappa shape index (κ3) is 19.8. The van der Waals surface area contributed by atoms with Gasteiger partial charge in [0, 0.05) is 65.4 Å². The lowest BCUT2D eigenvalue weighted by Gasteiger charge is -2.34. The lowest BCUT2D eigenvalue weighted by molar-refractivity contribution is -0.158. The zero-order valence-electron chi connectivity index (χ0n) is 41.5. The standard InChI is InChI=1S/C50H73FN6O9S/c1-35-40(28-36-12-15-38(16-13-36)67(11)63)39-17-14-37(51)29-42(39)41(35)30-43(58)52-18-19-53-44(59)31-54-20-22-55(32-45(60)64-48(2,3)4)24-26-57(34-47(62)66-50(8,9)10)27-25-56(23-21-54)33-46(61)65-49(5,6)7/h12-17,28-29H,18-27,30-34H2,1-11H3,(H,52,58)(H,53,59)/b40-28-. The highest BCUT2D eigenvalue weighted by Crippen LogP contribution is 2.44. The minimum atomic E-state index is -1.11. The first-order chi connectivity index (χ1) is 31.2. The Morgan fingerprint density at radius 3 is 1.43 bits per heavy atom. The van der Waals surface area contributed by atoms with E-state index in [4.69, 9.17) is 14.2 Å². The largest absolute Gasteiger partial charge is 0.612 e. The quantitative estimate of drug-likeness (QED) is 0.109. The molecule has 0 bridgehead atoms. The molecule has 0 spiro atoms. The van der Waals surface area contributed by atoms with Crippen LogP contribution in [-0.4, -0.2) is 169 Å². The Balaban J connectivity index is 1.42. The van der Waals surface area contributed by atoms with Crippen molar-refractivity contribution in [3.63, 3.8) is 0 Å². The van der Waals surface area contributed by atoms with E-state index in [9.17, 15) is 32.9 Å². The van der Waals surface area contributed by atoms with E-state index in [1.807, 2.05) is 119 Å². The topological polar surface area (TPSA) is 173 Å². The summed E-state index contributed by atoms with van der Waals surface area (Å²) >= 11 is -1.11. The Hall–Kier alpha value is -4.65. The van der Waals surface area contributed by atoms with Gasteiger partial charge in [0.05, 0.1) is 32.6 Å². The van der Waals surface area contributed by atoms with Gasteiger partial charge in [0.25, 0.3) is 0 Å². The van der Waals surface area contributed by atoms with Crippen molar-refractivity contribution in [2.75, 3.05) is 97.9 Å². The number of esters is 3. The van der Waals surface area contributed by atoms with Gasteiger partial charge in [-0.25, -0.2) is 4.39 Å². The number of hydrogen-bond acceptors (Lipinski definition) is 13. The summed E-state index contributed by atoms with van der Waals surface area (Å²) in [6.07, 6.45) is 3.61. The van der Waals surface area contributed by atoms with Gasteiger partial charge in [-0.2, -0.15) is 0 Å². The second kappa shape index (κ2) is 24.6. The van der Waals surface area contributed by atoms with E-state index < -0.39 is 33.8 Å². The van der Waals surface area contributed by atoms with Gasteiger partial charge in [-0.1, -0.05) is 6.07 Å². The number of benzene rings is 2. The van der Waals surface area contributed by atoms with Gasteiger partial charge in [-0.15, -0.1) is 0 Å². The SMILES string of the molecule is CC1=C(CC(=O)NCCNC(=O)CN2CCN(CC(=O)OC(C)(C)C)CCN(CC(=O)OC(C)(C)C)CCN(CC(=O)OC(C)(C)C)CC2)c2cc(F)ccc2/C1=C\c1ccc([S+](C)[O-])cc1. The molecule has 67 heavy (non-hydrogen) atoms. The molecule has 2 aliphatic rings. The molecule has 1 saturated heterocycles. The zero-order chi connectivity index (χ0) is 49.7. The Bertz CT molecular complexity index is 2060. The van der Waals surface area contributed by atoms with E-state index in [-0.39, 0.29) is 75.4 Å². The van der Waals surface area contributed by atoms with Crippen LogP contribution in [0, 0.1) is 5.82 Å². The smallest absolute Gasteiger partial charge is 0.320 e. The van der Waals surface area contributed by atoms with Crippen molar-refractivity contribution in [1.82, 2.24) is 30.2 Å². The zero-order valence-corrected chi connectivity index (χ0v) is 42.3. The van der Waals surface area contributed by atoms with Crippen LogP contribution in [0.25, 0.3) is 17.2 Å². The Labute approximate surface area is 400 Å². The number of rotatable bonds is 15. The summed E-state index contributed by atoms with van der Waals surface area (Å²) in [5.74, 6) is -2.12. The normalized spacial score (nSPS) is 17.5. The molecule has 2 N–H and O–H groups in total. The minimum Gasteiger partial charge on any atom is -0.612 e. The first-order valence-corrected chi connectivity index (χ1v) is 24.5. The van der Waals surface area contributed by atoms with Crippen molar-refractivity contribution >= 4 is 58.1 Å². The molecule has 1 atom stereocenters. The van der Waals surface area contributed by atoms with Crippen molar-refractivity contribution in [3.05, 3.63) is 70.5 Å². The molecule has 1 fully saturated rings. The molecule has 17 heteroatoms. The molecule has 2 amide bonds. The van der Waals surface area contributed by atoms with E-state index in [1.54, 1.807) is 12.3 Å². The van der Waals surface area contributed by atoms with Crippen LogP contribution in [0.5, 0.6) is 0 Å². The molecular formula is C50H73FN6O9S. The maximum atomic E-state index is 14.5. The molecule has 1 aliphatic carbocycles. The maximum Gasteiger partial charge on any atom is 0.320 e. The van der Waals surface area contributed by atoms with Crippen LogP contribution in [0.15, 0.2) is 52.9 Å². The average Bonchev–Trinajstić information content (AvgIpc) is 3.43. The van der Waals surface area contributed by atoms with Gasteiger partial charge < -0.3 is 29.4 Å². The number of carbonyl (C=O) groups excluding carboxylic acids is 5. The molecule has 0 aromatic heterocycles. The van der Waals surface area contributed by atoms with E-state index in [0.717, 1.165) is 22.3 Å². The fraction of sp³-hybridized carbons (Fsp3) is 0.580. The molecule has 15 nitrogen and oxygen atoms in total. The third-order valence-electron chi connectivity index (χ3n) is 10.7. The van der Waals surface area contributed by atoms with Gasteiger partial charge in [0.15, 0.2) is 4.90 Å². The van der Waals surface area contributed by atoms with Gasteiger partial charge >= 0.3 is 17.9 Å². The predicted octanol–water partition coefficient (Wildman–Crippen LogP) is 4.76. The van der Waals surface area contributed by atoms with Crippen molar-refractivity contribution in [2.24, 2.45) is 0 Å². The van der Waals surface area contributed by atoms with Crippen molar-refractivity contribution in [3.8, 4) is 0 Å². The molecular weight excluding hydrogens is 880 g/mol. The van der Waals surface area contributed by atoms with Crippen molar-refractivity contribution in [1.29, 1.82) is 0 Å². The number of hydrogen-bond donors (Lipinski definition) is 2. The van der Waals surface area contributed by atoms with Crippen LogP contribution >= 0.6 is 0 Å². The lowest BCUT2D eigenvalue weighted by Crippen LogP contribution is -2.50. The van der Waals surface area contributed by atoms with Crippen LogP contribution in [0.3, 0.4) is 0 Å². The van der Waals surface area contributed by atoms with Crippen LogP contribution in [0.1, 0.15) is 92.3 Å². The van der Waals surface area contributed by atoms with Crippen LogP contribution in [0.4, 0.5) is 4.39 Å². The van der Waals surface area contributed by atoms with E-state index in [0.29, 0.717) is 68.4 Å². The number of nitrogens with zero attached hydrogens (tertiary/aromatic N) is 4. The first-order valence-electron chi connectivity index (χ1n) is 23.0. The fourth-order valence-corrected chi connectivity index (χ4v) is 8.19. The number of halogens is 1. The van der Waals surface area contributed by atoms with Gasteiger partial charge in [-0.05, 0) is 156 Å². The number of fused-ring (bicyclic) bond motifs is 1. The molecule has 1 unspecified atom stereocenters. The summed E-state index contributed by atoms with van der Waals surface area (Å²) in [5.41, 5.74) is 2.76. The van der Waals surface area contributed by atoms with Gasteiger partial charge in [-0.3, -0.25) is 43.6 Å². The summed E-state index contributed by atoms with van der Waals surface area (Å²) in [6.45, 7) is 21.9. The minimum absolute atomic E-state index is 0.00740. The number of carbonyl (C=O) groups is 5. The highest BCUT2D eigenvalue weighted by atomic mass is 32.2. The highest BCUT2D eigenvalue weighted by Gasteiger charge is 2.28. The third-order valence-corrected chi connectivity index (χ3v) is 11.6. The summed E-state index contributed by atoms with van der Waals surface area (Å²) in [4.78, 5) is 74.5.